The second-order valence-corrected chi connectivity index (χ2v) is 7.50. The van der Waals surface area contributed by atoms with Crippen molar-refractivity contribution >= 4 is 35.0 Å². The molecule has 0 aromatic rings. The van der Waals surface area contributed by atoms with Crippen LogP contribution in [-0.4, -0.2) is 53.9 Å². The van der Waals surface area contributed by atoms with Crippen molar-refractivity contribution in [2.75, 3.05) is 32.8 Å². The molecular weight excluding hydrogens is 327 g/mol. The first-order valence-electron chi connectivity index (χ1n) is 7.97. The third kappa shape index (κ3) is 4.74. The Balaban J connectivity index is 1.64. The molecule has 1 aliphatic carbocycles. The smallest absolute Gasteiger partial charge is 0.228 e. The number of hydrogen-bond acceptors (Lipinski definition) is 3. The average Bonchev–Trinajstić information content (AvgIpc) is 3.15. The molecule has 1 unspecified atom stereocenters. The molecule has 1 aliphatic heterocycles. The van der Waals surface area contributed by atoms with Gasteiger partial charge in [0.15, 0.2) is 0 Å². The van der Waals surface area contributed by atoms with Crippen molar-refractivity contribution in [2.24, 2.45) is 11.8 Å². The molecule has 0 spiro atoms. The van der Waals surface area contributed by atoms with Crippen molar-refractivity contribution in [3.05, 3.63) is 0 Å². The van der Waals surface area contributed by atoms with Gasteiger partial charge in [0.1, 0.15) is 4.33 Å². The lowest BCUT2D eigenvalue weighted by Crippen LogP contribution is -2.44. The van der Waals surface area contributed by atoms with Crippen LogP contribution in [0.1, 0.15) is 32.6 Å². The third-order valence-electron chi connectivity index (χ3n) is 4.27. The molecule has 2 amide bonds. The number of likely N-dealkylation sites (tertiary alicyclic amines) is 1. The normalized spacial score (nSPS) is 24.1. The maximum atomic E-state index is 12.2. The number of carbonyl (C=O) groups excluding carboxylic acids is 2. The number of rotatable bonds is 7. The first-order valence-corrected chi connectivity index (χ1v) is 8.73. The van der Waals surface area contributed by atoms with Crippen molar-refractivity contribution < 1.29 is 14.3 Å². The molecule has 0 radical (unpaired) electrons. The van der Waals surface area contributed by atoms with Crippen LogP contribution in [0.5, 0.6) is 0 Å². The number of carbonyl (C=O) groups is 2. The fourth-order valence-corrected chi connectivity index (χ4v) is 3.23. The number of alkyl halides is 2. The first kappa shape index (κ1) is 17.8. The molecule has 1 saturated carbocycles. The van der Waals surface area contributed by atoms with Gasteiger partial charge in [-0.15, -0.1) is 23.2 Å². The minimum Gasteiger partial charge on any atom is -0.382 e. The Morgan fingerprint density at radius 1 is 1.32 bits per heavy atom. The lowest BCUT2D eigenvalue weighted by molar-refractivity contribution is -0.136. The lowest BCUT2D eigenvalue weighted by Gasteiger charge is -2.31. The van der Waals surface area contributed by atoms with Gasteiger partial charge in [0.2, 0.25) is 11.8 Å². The van der Waals surface area contributed by atoms with Crippen LogP contribution in [0.4, 0.5) is 0 Å². The highest BCUT2D eigenvalue weighted by Gasteiger charge is 2.57. The van der Waals surface area contributed by atoms with Crippen LogP contribution >= 0.6 is 23.2 Å². The zero-order valence-corrected chi connectivity index (χ0v) is 14.5. The van der Waals surface area contributed by atoms with Gasteiger partial charge in [0.05, 0.1) is 5.92 Å². The average molecular weight is 351 g/mol. The van der Waals surface area contributed by atoms with E-state index in [1.54, 1.807) is 4.90 Å². The van der Waals surface area contributed by atoms with Crippen LogP contribution in [0.15, 0.2) is 0 Å². The molecule has 1 heterocycles. The number of halogens is 2. The van der Waals surface area contributed by atoms with E-state index in [1.807, 2.05) is 6.92 Å². The van der Waals surface area contributed by atoms with Crippen LogP contribution < -0.4 is 5.32 Å². The number of hydrogen-bond donors (Lipinski definition) is 1. The maximum absolute atomic E-state index is 12.2. The zero-order chi connectivity index (χ0) is 16.2. The predicted molar refractivity (Wildman–Crippen MR) is 86.0 cm³/mol. The fourth-order valence-electron chi connectivity index (χ4n) is 2.74. The molecule has 1 atom stereocenters. The number of nitrogens with one attached hydrogen (secondary N) is 1. The van der Waals surface area contributed by atoms with Crippen molar-refractivity contribution in [1.29, 1.82) is 0 Å². The van der Waals surface area contributed by atoms with Crippen molar-refractivity contribution in [2.45, 2.75) is 36.9 Å². The summed E-state index contributed by atoms with van der Waals surface area (Å²) >= 11 is 11.9. The van der Waals surface area contributed by atoms with Crippen LogP contribution in [0, 0.1) is 11.8 Å². The molecule has 1 N–H and O–H groups in total. The number of amides is 2. The summed E-state index contributed by atoms with van der Waals surface area (Å²) in [6, 6.07) is 0. The van der Waals surface area contributed by atoms with Gasteiger partial charge in [0, 0.05) is 38.8 Å². The molecule has 0 bridgehead atoms. The molecule has 0 aromatic heterocycles. The Hall–Kier alpha value is -0.520. The Bertz CT molecular complexity index is 410. The summed E-state index contributed by atoms with van der Waals surface area (Å²) in [4.78, 5) is 26.0. The van der Waals surface area contributed by atoms with E-state index >= 15 is 0 Å². The molecule has 22 heavy (non-hydrogen) atoms. The van der Waals surface area contributed by atoms with Gasteiger partial charge in [-0.2, -0.15) is 0 Å². The van der Waals surface area contributed by atoms with E-state index in [9.17, 15) is 9.59 Å². The number of piperidine rings is 1. The summed E-state index contributed by atoms with van der Waals surface area (Å²) in [6.45, 7) is 5.18. The minimum absolute atomic E-state index is 0.00731. The molecular formula is C15H24Cl2N2O3. The van der Waals surface area contributed by atoms with Crippen molar-refractivity contribution in [3.8, 4) is 0 Å². The van der Waals surface area contributed by atoms with Gasteiger partial charge in [-0.3, -0.25) is 9.59 Å². The molecule has 5 nitrogen and oxygen atoms in total. The molecule has 2 aliphatic rings. The van der Waals surface area contributed by atoms with E-state index < -0.39 is 4.33 Å². The summed E-state index contributed by atoms with van der Waals surface area (Å²) in [5.41, 5.74) is 0. The molecule has 0 aromatic carbocycles. The van der Waals surface area contributed by atoms with Crippen LogP contribution in [0.3, 0.4) is 0 Å². The van der Waals surface area contributed by atoms with Crippen molar-refractivity contribution in [1.82, 2.24) is 10.2 Å². The van der Waals surface area contributed by atoms with E-state index in [1.165, 1.54) is 0 Å². The summed E-state index contributed by atoms with van der Waals surface area (Å²) in [5, 5.41) is 2.94. The van der Waals surface area contributed by atoms with E-state index in [4.69, 9.17) is 27.9 Å². The zero-order valence-electron chi connectivity index (χ0n) is 12.9. The van der Waals surface area contributed by atoms with Gasteiger partial charge in [-0.25, -0.2) is 0 Å². The summed E-state index contributed by atoms with van der Waals surface area (Å²) in [5.74, 6) is -0.161. The number of nitrogens with zero attached hydrogens (tertiary/aromatic N) is 1. The first-order chi connectivity index (χ1) is 10.5. The Morgan fingerprint density at radius 2 is 1.95 bits per heavy atom. The molecule has 7 heteroatoms. The Morgan fingerprint density at radius 3 is 2.50 bits per heavy atom. The quantitative estimate of drug-likeness (QED) is 0.564. The molecule has 1 saturated heterocycles. The highest BCUT2D eigenvalue weighted by molar-refractivity contribution is 6.52. The summed E-state index contributed by atoms with van der Waals surface area (Å²) < 4.78 is 4.36. The Labute approximate surface area is 141 Å². The second-order valence-electron chi connectivity index (χ2n) is 5.96. The predicted octanol–water partition coefficient (Wildman–Crippen LogP) is 1.96. The van der Waals surface area contributed by atoms with E-state index in [2.05, 4.69) is 5.32 Å². The van der Waals surface area contributed by atoms with E-state index in [0.717, 1.165) is 6.42 Å². The van der Waals surface area contributed by atoms with Crippen molar-refractivity contribution in [3.63, 3.8) is 0 Å². The molecule has 2 rings (SSSR count). The van der Waals surface area contributed by atoms with Gasteiger partial charge in [0.25, 0.3) is 0 Å². The SMILES string of the molecule is CCOCCCNC(=O)C1CCN(C(=O)C2CC2(Cl)Cl)CC1. The van der Waals surface area contributed by atoms with E-state index in [-0.39, 0.29) is 23.7 Å². The fraction of sp³-hybridized carbons (Fsp3) is 0.867. The van der Waals surface area contributed by atoms with Crippen LogP contribution in [0.2, 0.25) is 0 Å². The third-order valence-corrected chi connectivity index (χ3v) is 5.11. The summed E-state index contributed by atoms with van der Waals surface area (Å²) in [7, 11) is 0. The van der Waals surface area contributed by atoms with E-state index in [0.29, 0.717) is 52.1 Å². The second kappa shape index (κ2) is 7.84. The Kier molecular flexibility index (Phi) is 6.36. The highest BCUT2D eigenvalue weighted by Crippen LogP contribution is 2.54. The van der Waals surface area contributed by atoms with Gasteiger partial charge < -0.3 is 15.0 Å². The number of ether oxygens (including phenoxy) is 1. The molecule has 126 valence electrons. The molecule has 2 fully saturated rings. The topological polar surface area (TPSA) is 58.6 Å². The summed E-state index contributed by atoms with van der Waals surface area (Å²) in [6.07, 6.45) is 2.77. The van der Waals surface area contributed by atoms with Crippen LogP contribution in [-0.2, 0) is 14.3 Å². The minimum atomic E-state index is -0.869. The highest BCUT2D eigenvalue weighted by atomic mass is 35.5. The lowest BCUT2D eigenvalue weighted by atomic mass is 9.95. The van der Waals surface area contributed by atoms with Crippen LogP contribution in [0.25, 0.3) is 0 Å². The van der Waals surface area contributed by atoms with Gasteiger partial charge >= 0.3 is 0 Å². The monoisotopic (exact) mass is 350 g/mol. The largest absolute Gasteiger partial charge is 0.382 e. The van der Waals surface area contributed by atoms with Gasteiger partial charge in [-0.05, 0) is 32.6 Å². The standard InChI is InChI=1S/C15H24Cl2N2O3/c1-2-22-9-3-6-18-13(20)11-4-7-19(8-5-11)14(21)12-10-15(12,16)17/h11-12H,2-10H2,1H3,(H,18,20). The maximum Gasteiger partial charge on any atom is 0.228 e. The van der Waals surface area contributed by atoms with Gasteiger partial charge in [-0.1, -0.05) is 0 Å².